The summed E-state index contributed by atoms with van der Waals surface area (Å²) in [5.74, 6) is 0.638. The summed E-state index contributed by atoms with van der Waals surface area (Å²) in [7, 11) is 5.95. The molecule has 1 amide bonds. The number of carbonyl (C=O) groups is 1. The zero-order valence-electron chi connectivity index (χ0n) is 22.8. The first-order valence-electron chi connectivity index (χ1n) is 13.1. The van der Waals surface area contributed by atoms with E-state index >= 15 is 0 Å². The third-order valence-electron chi connectivity index (χ3n) is 7.30. The zero-order valence-corrected chi connectivity index (χ0v) is 22.8. The van der Waals surface area contributed by atoms with Gasteiger partial charge in [0.1, 0.15) is 11.9 Å². The van der Waals surface area contributed by atoms with Crippen molar-refractivity contribution in [3.63, 3.8) is 0 Å². The van der Waals surface area contributed by atoms with Crippen molar-refractivity contribution in [1.82, 2.24) is 29.8 Å². The van der Waals surface area contributed by atoms with Crippen LogP contribution in [-0.4, -0.2) is 56.6 Å². The van der Waals surface area contributed by atoms with Crippen LogP contribution in [0, 0.1) is 6.92 Å². The van der Waals surface area contributed by atoms with E-state index in [4.69, 9.17) is 4.74 Å². The van der Waals surface area contributed by atoms with Gasteiger partial charge in [0.15, 0.2) is 0 Å². The number of rotatable bonds is 7. The van der Waals surface area contributed by atoms with E-state index in [1.807, 2.05) is 70.9 Å². The molecule has 1 atom stereocenters. The van der Waals surface area contributed by atoms with Crippen molar-refractivity contribution in [2.24, 2.45) is 14.1 Å². The lowest BCUT2D eigenvalue weighted by atomic mass is 9.96. The molecule has 0 radical (unpaired) electrons. The van der Waals surface area contributed by atoms with Crippen molar-refractivity contribution in [3.05, 3.63) is 77.9 Å². The number of hydrogen-bond donors (Lipinski definition) is 1. The van der Waals surface area contributed by atoms with Gasteiger partial charge in [-0.25, -0.2) is 0 Å². The predicted octanol–water partition coefficient (Wildman–Crippen LogP) is 4.76. The number of carbonyl (C=O) groups excluding carboxylic acids is 1. The van der Waals surface area contributed by atoms with Gasteiger partial charge in [0.05, 0.1) is 18.4 Å². The van der Waals surface area contributed by atoms with Gasteiger partial charge in [0.25, 0.3) is 5.91 Å². The van der Waals surface area contributed by atoms with E-state index in [1.165, 1.54) is 0 Å². The number of likely N-dealkylation sites (tertiary alicyclic amines) is 1. The van der Waals surface area contributed by atoms with Crippen molar-refractivity contribution in [2.75, 3.05) is 20.1 Å². The highest BCUT2D eigenvalue weighted by molar-refractivity contribution is 5.96. The Morgan fingerprint density at radius 1 is 0.921 bits per heavy atom. The molecule has 1 fully saturated rings. The first-order chi connectivity index (χ1) is 18.2. The smallest absolute Gasteiger partial charge is 0.252 e. The van der Waals surface area contributed by atoms with Crippen LogP contribution in [-0.2, 0) is 14.1 Å². The molecule has 1 aliphatic heterocycles. The standard InChI is InChI=1S/C30H36N6O2/c1-20-6-7-28(38-27-8-10-34(3)11-9-27)15-29(20)30(37)33-21(2)22-12-23(25-16-31-35(4)18-25)14-24(13-22)26-17-32-36(5)19-26/h6-7,12-19,21,27H,8-11H2,1-5H3,(H,33,37)/t21-/m1/s1. The molecule has 5 rings (SSSR count). The molecule has 3 heterocycles. The van der Waals surface area contributed by atoms with Crippen molar-refractivity contribution in [2.45, 2.75) is 38.8 Å². The number of amides is 1. The van der Waals surface area contributed by atoms with Crippen LogP contribution < -0.4 is 10.1 Å². The Kier molecular flexibility index (Phi) is 7.33. The summed E-state index contributed by atoms with van der Waals surface area (Å²) in [5.41, 5.74) is 6.69. The van der Waals surface area contributed by atoms with Gasteiger partial charge in [-0.05, 0) is 86.3 Å². The molecule has 4 aromatic rings. The molecule has 1 saturated heterocycles. The van der Waals surface area contributed by atoms with E-state index in [9.17, 15) is 4.79 Å². The van der Waals surface area contributed by atoms with Gasteiger partial charge >= 0.3 is 0 Å². The maximum Gasteiger partial charge on any atom is 0.252 e. The molecule has 8 heteroatoms. The Balaban J connectivity index is 1.38. The number of ether oxygens (including phenoxy) is 1. The summed E-state index contributed by atoms with van der Waals surface area (Å²) in [6.07, 6.45) is 9.88. The fourth-order valence-electron chi connectivity index (χ4n) is 4.95. The Bertz CT molecular complexity index is 1370. The highest BCUT2D eigenvalue weighted by atomic mass is 16.5. The van der Waals surface area contributed by atoms with Gasteiger partial charge < -0.3 is 15.0 Å². The number of nitrogens with zero attached hydrogens (tertiary/aromatic N) is 5. The molecule has 0 bridgehead atoms. The van der Waals surface area contributed by atoms with Crippen LogP contribution in [0.25, 0.3) is 22.3 Å². The van der Waals surface area contributed by atoms with E-state index in [0.717, 1.165) is 65.1 Å². The Morgan fingerprint density at radius 3 is 2.08 bits per heavy atom. The first kappa shape index (κ1) is 25.7. The first-order valence-corrected chi connectivity index (χ1v) is 13.1. The second-order valence-corrected chi connectivity index (χ2v) is 10.4. The van der Waals surface area contributed by atoms with Crippen LogP contribution in [0.3, 0.4) is 0 Å². The van der Waals surface area contributed by atoms with Crippen LogP contribution in [0.1, 0.15) is 47.3 Å². The second kappa shape index (κ2) is 10.8. The Hall–Kier alpha value is -3.91. The van der Waals surface area contributed by atoms with E-state index in [-0.39, 0.29) is 18.1 Å². The van der Waals surface area contributed by atoms with Crippen LogP contribution >= 0.6 is 0 Å². The number of benzene rings is 2. The van der Waals surface area contributed by atoms with E-state index in [1.54, 1.807) is 9.36 Å². The zero-order chi connectivity index (χ0) is 26.8. The van der Waals surface area contributed by atoms with E-state index in [0.29, 0.717) is 5.56 Å². The second-order valence-electron chi connectivity index (χ2n) is 10.4. The van der Waals surface area contributed by atoms with Crippen molar-refractivity contribution >= 4 is 5.91 Å². The monoisotopic (exact) mass is 512 g/mol. The highest BCUT2D eigenvalue weighted by Gasteiger charge is 2.20. The normalized spacial score (nSPS) is 15.4. The highest BCUT2D eigenvalue weighted by Crippen LogP contribution is 2.31. The third kappa shape index (κ3) is 5.81. The molecule has 0 spiro atoms. The van der Waals surface area contributed by atoms with Gasteiger partial charge in [-0.3, -0.25) is 14.2 Å². The average molecular weight is 513 g/mol. The molecule has 198 valence electrons. The summed E-state index contributed by atoms with van der Waals surface area (Å²) < 4.78 is 9.83. The van der Waals surface area contributed by atoms with Crippen LogP contribution in [0.4, 0.5) is 0 Å². The molecule has 2 aromatic carbocycles. The van der Waals surface area contributed by atoms with Gasteiger partial charge in [0.2, 0.25) is 0 Å². The molecule has 1 aliphatic rings. The van der Waals surface area contributed by atoms with E-state index in [2.05, 4.69) is 45.7 Å². The molecule has 8 nitrogen and oxygen atoms in total. The van der Waals surface area contributed by atoms with Gasteiger partial charge in [-0.2, -0.15) is 10.2 Å². The minimum atomic E-state index is -0.215. The van der Waals surface area contributed by atoms with Crippen molar-refractivity contribution in [1.29, 1.82) is 0 Å². The fourth-order valence-corrected chi connectivity index (χ4v) is 4.95. The van der Waals surface area contributed by atoms with Gasteiger partial charge in [-0.1, -0.05) is 6.07 Å². The largest absolute Gasteiger partial charge is 0.490 e. The molecule has 0 saturated carbocycles. The number of piperidine rings is 1. The average Bonchev–Trinajstić information content (AvgIpc) is 3.54. The minimum Gasteiger partial charge on any atom is -0.490 e. The number of nitrogens with one attached hydrogen (secondary N) is 1. The van der Waals surface area contributed by atoms with Crippen molar-refractivity contribution < 1.29 is 9.53 Å². The lowest BCUT2D eigenvalue weighted by Gasteiger charge is -2.29. The predicted molar refractivity (Wildman–Crippen MR) is 149 cm³/mol. The van der Waals surface area contributed by atoms with E-state index < -0.39 is 0 Å². The Morgan fingerprint density at radius 2 is 1.53 bits per heavy atom. The quantitative estimate of drug-likeness (QED) is 0.386. The fraction of sp³-hybridized carbons (Fsp3) is 0.367. The summed E-state index contributed by atoms with van der Waals surface area (Å²) in [5, 5.41) is 11.9. The molecule has 1 N–H and O–H groups in total. The lowest BCUT2D eigenvalue weighted by Crippen LogP contribution is -2.35. The molecule has 2 aromatic heterocycles. The minimum absolute atomic E-state index is 0.112. The molecule has 0 aliphatic carbocycles. The molecule has 0 unspecified atom stereocenters. The number of aryl methyl sites for hydroxylation is 3. The molecular weight excluding hydrogens is 476 g/mol. The summed E-state index contributed by atoms with van der Waals surface area (Å²) in [4.78, 5) is 15.8. The van der Waals surface area contributed by atoms with Crippen LogP contribution in [0.5, 0.6) is 5.75 Å². The maximum absolute atomic E-state index is 13.5. The maximum atomic E-state index is 13.5. The summed E-state index contributed by atoms with van der Waals surface area (Å²) >= 11 is 0. The SMILES string of the molecule is Cc1ccc(OC2CCN(C)CC2)cc1C(=O)N[C@H](C)c1cc(-c2cnn(C)c2)cc(-c2cnn(C)c2)c1. The third-order valence-corrected chi connectivity index (χ3v) is 7.30. The van der Waals surface area contributed by atoms with Crippen molar-refractivity contribution in [3.8, 4) is 28.0 Å². The molecule has 38 heavy (non-hydrogen) atoms. The number of aromatic nitrogens is 4. The molecular formula is C30H36N6O2. The topological polar surface area (TPSA) is 77.2 Å². The summed E-state index contributed by atoms with van der Waals surface area (Å²) in [6.45, 7) is 6.03. The van der Waals surface area contributed by atoms with Crippen LogP contribution in [0.2, 0.25) is 0 Å². The van der Waals surface area contributed by atoms with Gasteiger partial charge in [-0.15, -0.1) is 0 Å². The van der Waals surface area contributed by atoms with Gasteiger partial charge in [0, 0.05) is 56.3 Å². The summed E-state index contributed by atoms with van der Waals surface area (Å²) in [6, 6.07) is 12.0. The number of hydrogen-bond acceptors (Lipinski definition) is 5. The lowest BCUT2D eigenvalue weighted by molar-refractivity contribution is 0.0936. The van der Waals surface area contributed by atoms with Crippen LogP contribution in [0.15, 0.2) is 61.2 Å². The Labute approximate surface area is 224 Å².